The minimum absolute atomic E-state index is 0.379. The Kier molecular flexibility index (Phi) is 3.77. The van der Waals surface area contributed by atoms with Crippen LogP contribution in [0.1, 0.15) is 5.69 Å². The summed E-state index contributed by atoms with van der Waals surface area (Å²) in [4.78, 5) is 11.4. The average molecular weight is 321 g/mol. The Morgan fingerprint density at radius 1 is 1.18 bits per heavy atom. The number of amides is 1. The van der Waals surface area contributed by atoms with Crippen molar-refractivity contribution in [3.05, 3.63) is 41.6 Å². The van der Waals surface area contributed by atoms with Crippen molar-refractivity contribution in [2.24, 2.45) is 0 Å². The number of halogens is 5. The molecule has 0 spiro atoms. The van der Waals surface area contributed by atoms with Crippen LogP contribution in [0.3, 0.4) is 0 Å². The van der Waals surface area contributed by atoms with Crippen LogP contribution < -0.4 is 4.90 Å². The van der Waals surface area contributed by atoms with Crippen LogP contribution in [0.15, 0.2) is 24.3 Å². The maximum atomic E-state index is 13.2. The fourth-order valence-electron chi connectivity index (χ4n) is 1.70. The number of alkyl halides is 3. The molecule has 0 unspecified atom stereocenters. The number of hydrogen-bond acceptors (Lipinski definition) is 2. The second-order valence-electron chi connectivity index (χ2n) is 4.27. The van der Waals surface area contributed by atoms with E-state index in [0.29, 0.717) is 21.7 Å². The van der Waals surface area contributed by atoms with Gasteiger partial charge >= 0.3 is 12.3 Å². The number of aromatic nitrogens is 2. The zero-order valence-corrected chi connectivity index (χ0v) is 10.9. The van der Waals surface area contributed by atoms with Crippen molar-refractivity contribution in [3.8, 4) is 5.69 Å². The molecule has 0 atom stereocenters. The first-order valence-electron chi connectivity index (χ1n) is 5.70. The molecule has 0 radical (unpaired) electrons. The predicted octanol–water partition coefficient (Wildman–Crippen LogP) is 3.28. The third-order valence-electron chi connectivity index (χ3n) is 2.70. The fourth-order valence-corrected chi connectivity index (χ4v) is 1.70. The van der Waals surface area contributed by atoms with Crippen molar-refractivity contribution in [1.82, 2.24) is 9.78 Å². The highest BCUT2D eigenvalue weighted by Gasteiger charge is 2.36. The quantitative estimate of drug-likeness (QED) is 0.864. The number of carboxylic acid groups (broad SMARTS) is 1. The van der Waals surface area contributed by atoms with Crippen molar-refractivity contribution in [2.45, 2.75) is 6.18 Å². The predicted molar refractivity (Wildman–Crippen MR) is 64.9 cm³/mol. The molecule has 1 heterocycles. The summed E-state index contributed by atoms with van der Waals surface area (Å²) >= 11 is 0. The van der Waals surface area contributed by atoms with Gasteiger partial charge in [0.15, 0.2) is 5.69 Å². The van der Waals surface area contributed by atoms with Crippen molar-refractivity contribution in [3.63, 3.8) is 0 Å². The van der Waals surface area contributed by atoms with Gasteiger partial charge in [-0.15, -0.1) is 0 Å². The molecule has 5 nitrogen and oxygen atoms in total. The number of rotatable bonds is 2. The molecule has 0 fully saturated rings. The van der Waals surface area contributed by atoms with Crippen LogP contribution in [0, 0.1) is 11.6 Å². The lowest BCUT2D eigenvalue weighted by Crippen LogP contribution is -2.26. The Hall–Kier alpha value is -2.65. The second kappa shape index (κ2) is 5.28. The van der Waals surface area contributed by atoms with Gasteiger partial charge in [-0.1, -0.05) is 0 Å². The Bertz CT molecular complexity index is 706. The van der Waals surface area contributed by atoms with E-state index in [2.05, 4.69) is 5.10 Å². The molecule has 1 aromatic heterocycles. The number of anilines is 1. The Labute approximate surface area is 120 Å². The van der Waals surface area contributed by atoms with E-state index in [1.807, 2.05) is 0 Å². The summed E-state index contributed by atoms with van der Waals surface area (Å²) in [6.07, 6.45) is -6.41. The maximum absolute atomic E-state index is 13.2. The minimum atomic E-state index is -4.84. The van der Waals surface area contributed by atoms with Crippen LogP contribution in [0.2, 0.25) is 0 Å². The lowest BCUT2D eigenvalue weighted by Gasteiger charge is -2.14. The molecule has 0 aliphatic rings. The van der Waals surface area contributed by atoms with Gasteiger partial charge in [-0.05, 0) is 12.1 Å². The lowest BCUT2D eigenvalue weighted by molar-refractivity contribution is -0.141. The molecular formula is C12H8F5N3O2. The summed E-state index contributed by atoms with van der Waals surface area (Å²) < 4.78 is 65.1. The van der Waals surface area contributed by atoms with E-state index in [1.54, 1.807) is 0 Å². The van der Waals surface area contributed by atoms with Crippen LogP contribution in [-0.4, -0.2) is 28.0 Å². The number of hydrogen-bond donors (Lipinski definition) is 1. The molecule has 118 valence electrons. The van der Waals surface area contributed by atoms with Gasteiger partial charge < -0.3 is 5.11 Å². The van der Waals surface area contributed by atoms with Crippen LogP contribution in [0.4, 0.5) is 32.6 Å². The lowest BCUT2D eigenvalue weighted by atomic mass is 10.3. The molecule has 0 saturated heterocycles. The van der Waals surface area contributed by atoms with Crippen molar-refractivity contribution >= 4 is 11.9 Å². The first-order chi connectivity index (χ1) is 10.1. The van der Waals surface area contributed by atoms with Gasteiger partial charge in [-0.3, -0.25) is 4.90 Å². The van der Waals surface area contributed by atoms with E-state index in [9.17, 15) is 26.7 Å². The molecule has 22 heavy (non-hydrogen) atoms. The number of benzene rings is 1. The highest BCUT2D eigenvalue weighted by Crippen LogP contribution is 2.32. The monoisotopic (exact) mass is 321 g/mol. The SMILES string of the molecule is CN(C(=O)O)c1cc(C(F)(F)F)nn1-c1cc(F)cc(F)c1. The molecule has 2 aromatic rings. The molecule has 2 rings (SSSR count). The molecule has 10 heteroatoms. The highest BCUT2D eigenvalue weighted by atomic mass is 19.4. The molecule has 0 saturated carbocycles. The minimum Gasteiger partial charge on any atom is -0.465 e. The van der Waals surface area contributed by atoms with Crippen LogP contribution in [0.25, 0.3) is 5.69 Å². The summed E-state index contributed by atoms with van der Waals surface area (Å²) in [5.41, 5.74) is -1.77. The van der Waals surface area contributed by atoms with E-state index in [4.69, 9.17) is 5.11 Å². The number of nitrogens with zero attached hydrogens (tertiary/aromatic N) is 3. The first kappa shape index (κ1) is 15.7. The normalized spacial score (nSPS) is 11.5. The standard InChI is InChI=1S/C12H8F5N3O2/c1-19(11(21)22)10-5-9(12(15,16)17)18-20(10)8-3-6(13)2-7(14)4-8/h2-5H,1H3,(H,21,22). The van der Waals surface area contributed by atoms with E-state index in [0.717, 1.165) is 19.2 Å². The summed E-state index contributed by atoms with van der Waals surface area (Å²) in [6, 6.07) is 2.46. The molecule has 0 bridgehead atoms. The molecular weight excluding hydrogens is 313 g/mol. The van der Waals surface area contributed by atoms with Crippen molar-refractivity contribution in [1.29, 1.82) is 0 Å². The molecule has 1 amide bonds. The van der Waals surface area contributed by atoms with Gasteiger partial charge in [0.1, 0.15) is 17.5 Å². The van der Waals surface area contributed by atoms with Gasteiger partial charge in [-0.25, -0.2) is 18.3 Å². The topological polar surface area (TPSA) is 58.4 Å². The van der Waals surface area contributed by atoms with Gasteiger partial charge in [0.05, 0.1) is 5.69 Å². The van der Waals surface area contributed by atoms with Gasteiger partial charge in [0, 0.05) is 19.2 Å². The van der Waals surface area contributed by atoms with E-state index < -0.39 is 35.4 Å². The van der Waals surface area contributed by atoms with Gasteiger partial charge in [0.2, 0.25) is 0 Å². The first-order valence-corrected chi connectivity index (χ1v) is 5.70. The van der Waals surface area contributed by atoms with Gasteiger partial charge in [0.25, 0.3) is 0 Å². The number of carbonyl (C=O) groups is 1. The zero-order chi connectivity index (χ0) is 16.7. The highest BCUT2D eigenvalue weighted by molar-refractivity contribution is 5.84. The smallest absolute Gasteiger partial charge is 0.435 e. The Morgan fingerprint density at radius 3 is 2.18 bits per heavy atom. The van der Waals surface area contributed by atoms with Crippen molar-refractivity contribution in [2.75, 3.05) is 11.9 Å². The van der Waals surface area contributed by atoms with E-state index >= 15 is 0 Å². The zero-order valence-electron chi connectivity index (χ0n) is 10.9. The Balaban J connectivity index is 2.67. The van der Waals surface area contributed by atoms with Crippen LogP contribution in [-0.2, 0) is 6.18 Å². The summed E-state index contributed by atoms with van der Waals surface area (Å²) in [5, 5.41) is 12.1. The second-order valence-corrected chi connectivity index (χ2v) is 4.27. The summed E-state index contributed by atoms with van der Waals surface area (Å²) in [5.74, 6) is -2.59. The summed E-state index contributed by atoms with van der Waals surface area (Å²) in [7, 11) is 0.978. The van der Waals surface area contributed by atoms with Crippen LogP contribution >= 0.6 is 0 Å². The largest absolute Gasteiger partial charge is 0.465 e. The molecule has 0 aliphatic carbocycles. The van der Waals surface area contributed by atoms with Crippen molar-refractivity contribution < 1.29 is 31.9 Å². The third-order valence-corrected chi connectivity index (χ3v) is 2.70. The van der Waals surface area contributed by atoms with E-state index in [-0.39, 0.29) is 5.69 Å². The average Bonchev–Trinajstić information content (AvgIpc) is 2.81. The van der Waals surface area contributed by atoms with Crippen LogP contribution in [0.5, 0.6) is 0 Å². The molecule has 1 N–H and O–H groups in total. The van der Waals surface area contributed by atoms with Gasteiger partial charge in [-0.2, -0.15) is 18.3 Å². The Morgan fingerprint density at radius 2 is 1.73 bits per heavy atom. The fraction of sp³-hybridized carbons (Fsp3) is 0.167. The molecule has 1 aromatic carbocycles. The molecule has 0 aliphatic heterocycles. The van der Waals surface area contributed by atoms with E-state index in [1.165, 1.54) is 0 Å². The third kappa shape index (κ3) is 3.00. The maximum Gasteiger partial charge on any atom is 0.435 e. The summed E-state index contributed by atoms with van der Waals surface area (Å²) in [6.45, 7) is 0.